The highest BCUT2D eigenvalue weighted by Gasteiger charge is 2.06. The molecular weight excluding hydrogens is 246 g/mol. The average Bonchev–Trinajstić information content (AvgIpc) is 2.52. The fraction of sp³-hybridized carbons (Fsp3) is 0.412. The van der Waals surface area contributed by atoms with Gasteiger partial charge in [-0.3, -0.25) is 0 Å². The molecule has 1 heterocycles. The van der Waals surface area contributed by atoms with Gasteiger partial charge in [-0.05, 0) is 24.8 Å². The predicted molar refractivity (Wildman–Crippen MR) is 85.0 cm³/mol. The lowest BCUT2D eigenvalue weighted by molar-refractivity contribution is 0.951. The summed E-state index contributed by atoms with van der Waals surface area (Å²) in [5.74, 6) is 1.74. The first-order valence-corrected chi connectivity index (χ1v) is 7.48. The van der Waals surface area contributed by atoms with E-state index in [1.165, 1.54) is 5.56 Å². The lowest BCUT2D eigenvalue weighted by Crippen LogP contribution is -2.05. The molecule has 0 radical (unpaired) electrons. The van der Waals surface area contributed by atoms with E-state index in [1.807, 2.05) is 6.07 Å². The highest BCUT2D eigenvalue weighted by Crippen LogP contribution is 2.19. The van der Waals surface area contributed by atoms with Crippen LogP contribution in [0.3, 0.4) is 0 Å². The average molecular weight is 269 g/mol. The van der Waals surface area contributed by atoms with Gasteiger partial charge in [0.05, 0.1) is 0 Å². The van der Waals surface area contributed by atoms with Gasteiger partial charge in [-0.2, -0.15) is 0 Å². The SMILES string of the molecule is CCCNc1cc(CC)nc(-c2ccc(CC)cc2)n1. The number of nitrogens with zero attached hydrogens (tertiary/aromatic N) is 2. The molecule has 0 aliphatic rings. The molecule has 1 N–H and O–H groups in total. The Morgan fingerprint density at radius 2 is 1.70 bits per heavy atom. The third-order valence-electron chi connectivity index (χ3n) is 3.32. The van der Waals surface area contributed by atoms with Gasteiger partial charge in [0.25, 0.3) is 0 Å². The Bertz CT molecular complexity index is 547. The maximum atomic E-state index is 4.63. The zero-order valence-corrected chi connectivity index (χ0v) is 12.6. The summed E-state index contributed by atoms with van der Waals surface area (Å²) in [6.45, 7) is 7.37. The quantitative estimate of drug-likeness (QED) is 0.858. The number of rotatable bonds is 6. The van der Waals surface area contributed by atoms with Crippen LogP contribution in [0.15, 0.2) is 30.3 Å². The Balaban J connectivity index is 2.33. The zero-order valence-electron chi connectivity index (χ0n) is 12.6. The summed E-state index contributed by atoms with van der Waals surface area (Å²) in [6.07, 6.45) is 3.06. The van der Waals surface area contributed by atoms with Gasteiger partial charge in [-0.1, -0.05) is 45.0 Å². The number of aryl methyl sites for hydroxylation is 2. The molecule has 106 valence electrons. The van der Waals surface area contributed by atoms with Crippen molar-refractivity contribution in [2.24, 2.45) is 0 Å². The maximum absolute atomic E-state index is 4.63. The van der Waals surface area contributed by atoms with Gasteiger partial charge in [-0.25, -0.2) is 9.97 Å². The molecule has 0 saturated heterocycles. The van der Waals surface area contributed by atoms with E-state index in [1.54, 1.807) is 0 Å². The van der Waals surface area contributed by atoms with Gasteiger partial charge < -0.3 is 5.32 Å². The Morgan fingerprint density at radius 1 is 0.950 bits per heavy atom. The first kappa shape index (κ1) is 14.5. The van der Waals surface area contributed by atoms with Crippen LogP contribution in [-0.2, 0) is 12.8 Å². The minimum Gasteiger partial charge on any atom is -0.370 e. The van der Waals surface area contributed by atoms with Crippen LogP contribution in [0.5, 0.6) is 0 Å². The standard InChI is InChI=1S/C17H23N3/c1-4-11-18-16-12-15(6-3)19-17(20-16)14-9-7-13(5-2)8-10-14/h7-10,12H,4-6,11H2,1-3H3,(H,18,19,20). The van der Waals surface area contributed by atoms with Gasteiger partial charge in [0.15, 0.2) is 5.82 Å². The van der Waals surface area contributed by atoms with E-state index < -0.39 is 0 Å². The third-order valence-corrected chi connectivity index (χ3v) is 3.32. The van der Waals surface area contributed by atoms with Crippen molar-refractivity contribution in [3.05, 3.63) is 41.6 Å². The first-order chi connectivity index (χ1) is 9.76. The van der Waals surface area contributed by atoms with Crippen LogP contribution in [0.2, 0.25) is 0 Å². The molecule has 0 fully saturated rings. The van der Waals surface area contributed by atoms with Gasteiger partial charge in [-0.15, -0.1) is 0 Å². The molecule has 3 heteroatoms. The molecule has 20 heavy (non-hydrogen) atoms. The van der Waals surface area contributed by atoms with Crippen molar-refractivity contribution in [2.75, 3.05) is 11.9 Å². The number of benzene rings is 1. The molecule has 0 bridgehead atoms. The van der Waals surface area contributed by atoms with Crippen LogP contribution in [-0.4, -0.2) is 16.5 Å². The van der Waals surface area contributed by atoms with Gasteiger partial charge >= 0.3 is 0 Å². The molecule has 0 spiro atoms. The monoisotopic (exact) mass is 269 g/mol. The van der Waals surface area contributed by atoms with Gasteiger partial charge in [0, 0.05) is 23.9 Å². The van der Waals surface area contributed by atoms with Gasteiger partial charge in [0.1, 0.15) is 5.82 Å². The van der Waals surface area contributed by atoms with Crippen molar-refractivity contribution in [3.8, 4) is 11.4 Å². The van der Waals surface area contributed by atoms with Crippen molar-refractivity contribution in [2.45, 2.75) is 40.0 Å². The lowest BCUT2D eigenvalue weighted by atomic mass is 10.1. The smallest absolute Gasteiger partial charge is 0.161 e. The summed E-state index contributed by atoms with van der Waals surface area (Å²) in [5.41, 5.74) is 3.50. The molecule has 2 aromatic rings. The topological polar surface area (TPSA) is 37.8 Å². The van der Waals surface area contributed by atoms with Crippen LogP contribution < -0.4 is 5.32 Å². The Morgan fingerprint density at radius 3 is 2.30 bits per heavy atom. The molecule has 0 saturated carbocycles. The molecule has 1 aromatic carbocycles. The lowest BCUT2D eigenvalue weighted by Gasteiger charge is -2.09. The molecule has 1 aromatic heterocycles. The van der Waals surface area contributed by atoms with E-state index in [0.717, 1.165) is 48.7 Å². The molecular formula is C17H23N3. The van der Waals surface area contributed by atoms with E-state index in [0.29, 0.717) is 0 Å². The van der Waals surface area contributed by atoms with E-state index in [2.05, 4.69) is 60.3 Å². The van der Waals surface area contributed by atoms with Crippen molar-refractivity contribution >= 4 is 5.82 Å². The van der Waals surface area contributed by atoms with Crippen LogP contribution in [0.4, 0.5) is 5.82 Å². The molecule has 2 rings (SSSR count). The summed E-state index contributed by atoms with van der Waals surface area (Å²) >= 11 is 0. The Labute approximate surface area is 121 Å². The van der Waals surface area contributed by atoms with Crippen molar-refractivity contribution in [1.82, 2.24) is 9.97 Å². The van der Waals surface area contributed by atoms with Crippen LogP contribution in [0.25, 0.3) is 11.4 Å². The Kier molecular flexibility index (Phi) is 5.10. The maximum Gasteiger partial charge on any atom is 0.161 e. The minimum absolute atomic E-state index is 0.811. The van der Waals surface area contributed by atoms with E-state index in [-0.39, 0.29) is 0 Å². The minimum atomic E-state index is 0.811. The fourth-order valence-corrected chi connectivity index (χ4v) is 2.04. The van der Waals surface area contributed by atoms with Crippen molar-refractivity contribution < 1.29 is 0 Å². The summed E-state index contributed by atoms with van der Waals surface area (Å²) < 4.78 is 0. The van der Waals surface area contributed by atoms with Crippen molar-refractivity contribution in [1.29, 1.82) is 0 Å². The highest BCUT2D eigenvalue weighted by atomic mass is 15.0. The fourth-order valence-electron chi connectivity index (χ4n) is 2.04. The summed E-state index contributed by atoms with van der Waals surface area (Å²) in [4.78, 5) is 9.26. The number of anilines is 1. The van der Waals surface area contributed by atoms with E-state index >= 15 is 0 Å². The van der Waals surface area contributed by atoms with Crippen LogP contribution >= 0.6 is 0 Å². The predicted octanol–water partition coefficient (Wildman–Crippen LogP) is 4.09. The third kappa shape index (κ3) is 3.56. The second kappa shape index (κ2) is 7.04. The molecule has 3 nitrogen and oxygen atoms in total. The summed E-state index contributed by atoms with van der Waals surface area (Å²) in [7, 11) is 0. The highest BCUT2D eigenvalue weighted by molar-refractivity contribution is 5.58. The molecule has 0 amide bonds. The number of nitrogens with one attached hydrogen (secondary N) is 1. The van der Waals surface area contributed by atoms with E-state index in [4.69, 9.17) is 0 Å². The van der Waals surface area contributed by atoms with Crippen LogP contribution in [0, 0.1) is 0 Å². The van der Waals surface area contributed by atoms with Crippen LogP contribution in [0.1, 0.15) is 38.4 Å². The second-order valence-electron chi connectivity index (χ2n) is 4.90. The summed E-state index contributed by atoms with van der Waals surface area (Å²) in [6, 6.07) is 10.6. The number of aromatic nitrogens is 2. The molecule has 0 aliphatic carbocycles. The number of hydrogen-bond acceptors (Lipinski definition) is 3. The Hall–Kier alpha value is -1.90. The first-order valence-electron chi connectivity index (χ1n) is 7.48. The van der Waals surface area contributed by atoms with Gasteiger partial charge in [0.2, 0.25) is 0 Å². The van der Waals surface area contributed by atoms with Crippen molar-refractivity contribution in [3.63, 3.8) is 0 Å². The van der Waals surface area contributed by atoms with E-state index in [9.17, 15) is 0 Å². The number of hydrogen-bond donors (Lipinski definition) is 1. The normalized spacial score (nSPS) is 10.6. The second-order valence-corrected chi connectivity index (χ2v) is 4.90. The molecule has 0 aliphatic heterocycles. The molecule has 0 atom stereocenters. The summed E-state index contributed by atoms with van der Waals surface area (Å²) in [5, 5.41) is 3.35. The molecule has 0 unspecified atom stereocenters. The zero-order chi connectivity index (χ0) is 14.4. The largest absolute Gasteiger partial charge is 0.370 e.